The molecule has 3 N–H and O–H groups in total. The molecule has 2 aromatic rings. The van der Waals surface area contributed by atoms with Gasteiger partial charge in [0.15, 0.2) is 0 Å². The third-order valence-electron chi connectivity index (χ3n) is 3.19. The van der Waals surface area contributed by atoms with Crippen molar-refractivity contribution in [1.29, 1.82) is 0 Å². The Morgan fingerprint density at radius 2 is 2.24 bits per heavy atom. The van der Waals surface area contributed by atoms with Crippen molar-refractivity contribution >= 4 is 21.4 Å². The van der Waals surface area contributed by atoms with Crippen LogP contribution in [0.15, 0.2) is 34.7 Å². The van der Waals surface area contributed by atoms with Crippen LogP contribution in [0.2, 0.25) is 0 Å². The molecule has 0 atom stereocenters. The van der Waals surface area contributed by atoms with Crippen molar-refractivity contribution in [2.45, 2.75) is 37.8 Å². The Morgan fingerprint density at radius 1 is 1.43 bits per heavy atom. The van der Waals surface area contributed by atoms with E-state index in [0.717, 1.165) is 18.7 Å². The first-order valence-corrected chi connectivity index (χ1v) is 9.34. The second kappa shape index (κ2) is 7.22. The first-order valence-electron chi connectivity index (χ1n) is 6.98. The van der Waals surface area contributed by atoms with Gasteiger partial charge in [0.25, 0.3) is 0 Å². The van der Waals surface area contributed by atoms with Gasteiger partial charge >= 0.3 is 0 Å². The molecule has 2 heterocycles. The fraction of sp³-hybridized carbons (Fsp3) is 0.429. The molecule has 0 fully saturated rings. The Bertz CT molecular complexity index is 660. The Hall–Kier alpha value is -1.15. The lowest BCUT2D eigenvalue weighted by Gasteiger charge is -2.04. The summed E-state index contributed by atoms with van der Waals surface area (Å²) in [6.45, 7) is 3.56. The smallest absolute Gasteiger partial charge is 0.242 e. The van der Waals surface area contributed by atoms with Crippen molar-refractivity contribution in [2.75, 3.05) is 6.54 Å². The number of thiophene rings is 1. The van der Waals surface area contributed by atoms with Gasteiger partial charge in [0, 0.05) is 36.4 Å². The summed E-state index contributed by atoms with van der Waals surface area (Å²) in [5.41, 5.74) is 6.51. The molecule has 21 heavy (non-hydrogen) atoms. The Morgan fingerprint density at radius 3 is 2.86 bits per heavy atom. The van der Waals surface area contributed by atoms with Crippen LogP contribution in [0.1, 0.15) is 23.9 Å². The summed E-state index contributed by atoms with van der Waals surface area (Å²) in [6.07, 6.45) is 3.31. The van der Waals surface area contributed by atoms with Gasteiger partial charge in [-0.2, -0.15) is 0 Å². The maximum Gasteiger partial charge on any atom is 0.242 e. The summed E-state index contributed by atoms with van der Waals surface area (Å²) in [6, 6.07) is 5.62. The van der Waals surface area contributed by atoms with E-state index in [1.165, 1.54) is 4.88 Å². The summed E-state index contributed by atoms with van der Waals surface area (Å²) in [5, 5.41) is 1.99. The Labute approximate surface area is 129 Å². The van der Waals surface area contributed by atoms with Gasteiger partial charge in [0.05, 0.1) is 4.90 Å². The normalized spacial score (nSPS) is 11.9. The molecule has 0 saturated heterocycles. The number of rotatable bonds is 8. The standard InChI is InChI=1S/C14H21N3O2S2/c1-2-7-17-11-14(9-12(17)10-15)21(18,19)16-6-5-13-4-3-8-20-13/h3-4,8-9,11,16H,2,5-7,10,15H2,1H3. The van der Waals surface area contributed by atoms with Gasteiger partial charge in [0.1, 0.15) is 0 Å². The summed E-state index contributed by atoms with van der Waals surface area (Å²) >= 11 is 1.63. The van der Waals surface area contributed by atoms with Crippen molar-refractivity contribution in [3.8, 4) is 0 Å². The predicted octanol–water partition coefficient (Wildman–Crippen LogP) is 1.94. The second-order valence-electron chi connectivity index (χ2n) is 4.79. The minimum absolute atomic E-state index is 0.294. The molecule has 0 aliphatic heterocycles. The largest absolute Gasteiger partial charge is 0.349 e. The molecular weight excluding hydrogens is 306 g/mol. The van der Waals surface area contributed by atoms with Gasteiger partial charge < -0.3 is 10.3 Å². The van der Waals surface area contributed by atoms with E-state index in [4.69, 9.17) is 5.73 Å². The average Bonchev–Trinajstić information content (AvgIpc) is 3.08. The van der Waals surface area contributed by atoms with Crippen LogP contribution in [0.25, 0.3) is 0 Å². The van der Waals surface area contributed by atoms with Crippen LogP contribution in [0.4, 0.5) is 0 Å². The number of hydrogen-bond acceptors (Lipinski definition) is 4. The summed E-state index contributed by atoms with van der Waals surface area (Å²) in [7, 11) is -3.47. The van der Waals surface area contributed by atoms with Gasteiger partial charge in [-0.15, -0.1) is 11.3 Å². The number of hydrogen-bond donors (Lipinski definition) is 2. The number of aryl methyl sites for hydroxylation is 1. The summed E-state index contributed by atoms with van der Waals surface area (Å²) < 4.78 is 29.1. The van der Waals surface area contributed by atoms with Crippen LogP contribution in [0.5, 0.6) is 0 Å². The molecule has 0 radical (unpaired) electrons. The molecule has 0 bridgehead atoms. The fourth-order valence-electron chi connectivity index (χ4n) is 2.14. The van der Waals surface area contributed by atoms with E-state index in [0.29, 0.717) is 24.4 Å². The zero-order valence-electron chi connectivity index (χ0n) is 12.1. The Kier molecular flexibility index (Phi) is 5.58. The molecular formula is C14H21N3O2S2. The number of nitrogens with zero attached hydrogens (tertiary/aromatic N) is 1. The average molecular weight is 327 g/mol. The molecule has 0 saturated carbocycles. The predicted molar refractivity (Wildman–Crippen MR) is 85.8 cm³/mol. The minimum Gasteiger partial charge on any atom is -0.349 e. The number of nitrogens with two attached hydrogens (primary N) is 1. The van der Waals surface area contributed by atoms with Crippen LogP contribution < -0.4 is 10.5 Å². The lowest BCUT2D eigenvalue weighted by atomic mass is 10.3. The van der Waals surface area contributed by atoms with Crippen LogP contribution in [0, 0.1) is 0 Å². The van der Waals surface area contributed by atoms with E-state index in [-0.39, 0.29) is 0 Å². The molecule has 2 rings (SSSR count). The molecule has 116 valence electrons. The van der Waals surface area contributed by atoms with Gasteiger partial charge in [-0.05, 0) is 30.4 Å². The molecule has 0 aromatic carbocycles. The number of aromatic nitrogens is 1. The molecule has 7 heteroatoms. The van der Waals surface area contributed by atoms with E-state index in [1.54, 1.807) is 23.6 Å². The maximum absolute atomic E-state index is 12.3. The van der Waals surface area contributed by atoms with Crippen LogP contribution in [0.3, 0.4) is 0 Å². The van der Waals surface area contributed by atoms with Gasteiger partial charge in [-0.3, -0.25) is 0 Å². The van der Waals surface area contributed by atoms with E-state index in [2.05, 4.69) is 4.72 Å². The molecule has 0 aliphatic carbocycles. The summed E-state index contributed by atoms with van der Waals surface area (Å²) in [4.78, 5) is 1.46. The van der Waals surface area contributed by atoms with E-state index < -0.39 is 10.0 Å². The van der Waals surface area contributed by atoms with E-state index >= 15 is 0 Å². The number of sulfonamides is 1. The monoisotopic (exact) mass is 327 g/mol. The van der Waals surface area contributed by atoms with Crippen LogP contribution in [-0.4, -0.2) is 19.5 Å². The van der Waals surface area contributed by atoms with Crippen LogP contribution in [-0.2, 0) is 29.5 Å². The first-order chi connectivity index (χ1) is 10.1. The lowest BCUT2D eigenvalue weighted by Crippen LogP contribution is -2.25. The fourth-order valence-corrected chi connectivity index (χ4v) is 3.94. The minimum atomic E-state index is -3.47. The quantitative estimate of drug-likeness (QED) is 0.778. The molecule has 0 amide bonds. The van der Waals surface area contributed by atoms with Crippen LogP contribution >= 0.6 is 11.3 Å². The molecule has 2 aromatic heterocycles. The topological polar surface area (TPSA) is 77.1 Å². The Balaban J connectivity index is 2.04. The molecule has 0 aliphatic rings. The maximum atomic E-state index is 12.3. The highest BCUT2D eigenvalue weighted by atomic mass is 32.2. The zero-order chi connectivity index (χ0) is 15.3. The molecule has 5 nitrogen and oxygen atoms in total. The lowest BCUT2D eigenvalue weighted by molar-refractivity contribution is 0.581. The molecule has 0 unspecified atom stereocenters. The highest BCUT2D eigenvalue weighted by Gasteiger charge is 2.17. The molecule has 0 spiro atoms. The second-order valence-corrected chi connectivity index (χ2v) is 7.59. The highest BCUT2D eigenvalue weighted by molar-refractivity contribution is 7.89. The van der Waals surface area contributed by atoms with Gasteiger partial charge in [-0.25, -0.2) is 13.1 Å². The SMILES string of the molecule is CCCn1cc(S(=O)(=O)NCCc2cccs2)cc1CN. The van der Waals surface area contributed by atoms with Crippen molar-refractivity contribution in [1.82, 2.24) is 9.29 Å². The zero-order valence-corrected chi connectivity index (χ0v) is 13.7. The summed E-state index contributed by atoms with van der Waals surface area (Å²) in [5.74, 6) is 0. The van der Waals surface area contributed by atoms with Crippen molar-refractivity contribution in [3.05, 3.63) is 40.3 Å². The third kappa shape index (κ3) is 4.16. The van der Waals surface area contributed by atoms with Gasteiger partial charge in [0.2, 0.25) is 10.0 Å². The van der Waals surface area contributed by atoms with E-state index in [9.17, 15) is 8.42 Å². The van der Waals surface area contributed by atoms with Gasteiger partial charge in [-0.1, -0.05) is 13.0 Å². The van der Waals surface area contributed by atoms with E-state index in [1.807, 2.05) is 29.0 Å². The third-order valence-corrected chi connectivity index (χ3v) is 5.55. The first kappa shape index (κ1) is 16.2. The van der Waals surface area contributed by atoms with Crippen molar-refractivity contribution in [2.24, 2.45) is 5.73 Å². The van der Waals surface area contributed by atoms with Crippen molar-refractivity contribution < 1.29 is 8.42 Å². The highest BCUT2D eigenvalue weighted by Crippen LogP contribution is 2.15. The number of nitrogens with one attached hydrogen (secondary N) is 1. The van der Waals surface area contributed by atoms with Crippen molar-refractivity contribution in [3.63, 3.8) is 0 Å².